The number of carbonyl (C=O) groups excluding carboxylic acids is 1. The number of urea groups is 1. The zero-order chi connectivity index (χ0) is 25.3. The van der Waals surface area contributed by atoms with E-state index >= 15 is 0 Å². The van der Waals surface area contributed by atoms with Crippen LogP contribution in [0.5, 0.6) is 11.6 Å². The number of amides is 2. The lowest BCUT2D eigenvalue weighted by atomic mass is 9.85. The number of aromatic nitrogens is 2. The summed E-state index contributed by atoms with van der Waals surface area (Å²) in [5.74, 6) is -0.551. The van der Waals surface area contributed by atoms with E-state index in [0.29, 0.717) is 6.20 Å². The van der Waals surface area contributed by atoms with Crippen molar-refractivity contribution in [2.24, 2.45) is 0 Å². The number of anilines is 2. The van der Waals surface area contributed by atoms with Gasteiger partial charge in [0, 0.05) is 24.4 Å². The van der Waals surface area contributed by atoms with Crippen LogP contribution in [0.2, 0.25) is 0 Å². The van der Waals surface area contributed by atoms with Gasteiger partial charge in [-0.2, -0.15) is 26.3 Å². The summed E-state index contributed by atoms with van der Waals surface area (Å²) >= 11 is 0. The maximum Gasteiger partial charge on any atom is 0.421 e. The Morgan fingerprint density at radius 1 is 0.971 bits per heavy atom. The van der Waals surface area contributed by atoms with E-state index < -0.39 is 29.5 Å². The van der Waals surface area contributed by atoms with Crippen molar-refractivity contribution in [3.05, 3.63) is 72.1 Å². The molecule has 4 rings (SSSR count). The number of hydrogen-bond donors (Lipinski definition) is 2. The molecule has 1 unspecified atom stereocenters. The standard InChI is InChI=1S/C22H16F6N4O3/c23-21(24,25)13-7-8-17(30-12-13)32-19(33)31-15-5-3-10-29-18(15)35-16-6-2-1-4-14(16)20(9-11-34-20)22(26,27)28/h1-8,10,12H,9,11H2,(H2,30,31,32,33). The molecule has 3 heterocycles. The van der Waals surface area contributed by atoms with Crippen LogP contribution in [0.15, 0.2) is 60.9 Å². The molecule has 1 aliphatic rings. The quantitative estimate of drug-likeness (QED) is 0.415. The topological polar surface area (TPSA) is 85.4 Å². The third kappa shape index (κ3) is 4.99. The molecule has 7 nitrogen and oxygen atoms in total. The first kappa shape index (κ1) is 24.3. The zero-order valence-corrected chi connectivity index (χ0v) is 17.6. The number of carbonyl (C=O) groups is 1. The lowest BCUT2D eigenvalue weighted by molar-refractivity contribution is -0.333. The van der Waals surface area contributed by atoms with E-state index in [1.54, 1.807) is 0 Å². The first-order valence-corrected chi connectivity index (χ1v) is 10.0. The summed E-state index contributed by atoms with van der Waals surface area (Å²) in [5.41, 5.74) is -3.76. The molecule has 3 aromatic rings. The summed E-state index contributed by atoms with van der Waals surface area (Å²) in [5, 5.41) is 4.64. The Kier molecular flexibility index (Phi) is 6.28. The summed E-state index contributed by atoms with van der Waals surface area (Å²) in [6.07, 6.45) is -7.69. The fraction of sp³-hybridized carbons (Fsp3) is 0.227. The van der Waals surface area contributed by atoms with Gasteiger partial charge in [-0.15, -0.1) is 0 Å². The van der Waals surface area contributed by atoms with Crippen molar-refractivity contribution in [3.63, 3.8) is 0 Å². The molecule has 1 aliphatic heterocycles. The number of alkyl halides is 6. The van der Waals surface area contributed by atoms with Gasteiger partial charge < -0.3 is 14.8 Å². The minimum Gasteiger partial charge on any atom is -0.437 e. The molecule has 1 atom stereocenters. The molecular weight excluding hydrogens is 482 g/mol. The smallest absolute Gasteiger partial charge is 0.421 e. The van der Waals surface area contributed by atoms with E-state index in [2.05, 4.69) is 20.6 Å². The van der Waals surface area contributed by atoms with Crippen molar-refractivity contribution < 1.29 is 40.6 Å². The van der Waals surface area contributed by atoms with E-state index in [4.69, 9.17) is 9.47 Å². The van der Waals surface area contributed by atoms with Crippen molar-refractivity contribution in [2.75, 3.05) is 17.2 Å². The molecule has 0 bridgehead atoms. The molecule has 2 N–H and O–H groups in total. The Labute approximate surface area is 194 Å². The third-order valence-electron chi connectivity index (χ3n) is 5.14. The first-order valence-electron chi connectivity index (χ1n) is 10.0. The normalized spacial score (nSPS) is 17.9. The Morgan fingerprint density at radius 3 is 2.31 bits per heavy atom. The fourth-order valence-corrected chi connectivity index (χ4v) is 3.36. The van der Waals surface area contributed by atoms with Crippen molar-refractivity contribution in [1.82, 2.24) is 9.97 Å². The maximum absolute atomic E-state index is 13.8. The zero-order valence-electron chi connectivity index (χ0n) is 17.6. The Bertz CT molecular complexity index is 1210. The molecule has 1 aromatic carbocycles. The first-order chi connectivity index (χ1) is 16.5. The van der Waals surface area contributed by atoms with Crippen LogP contribution in [0.4, 0.5) is 42.6 Å². The van der Waals surface area contributed by atoms with Crippen LogP contribution in [0, 0.1) is 0 Å². The minimum atomic E-state index is -4.69. The SMILES string of the molecule is O=C(Nc1ccc(C(F)(F)F)cn1)Nc1cccnc1Oc1ccccc1C1(C(F)(F)F)CCO1. The number of nitrogens with zero attached hydrogens (tertiary/aromatic N) is 2. The summed E-state index contributed by atoms with van der Waals surface area (Å²) in [4.78, 5) is 19.9. The van der Waals surface area contributed by atoms with Gasteiger partial charge >= 0.3 is 18.4 Å². The van der Waals surface area contributed by atoms with Crippen LogP contribution in [0.1, 0.15) is 17.5 Å². The highest BCUT2D eigenvalue weighted by atomic mass is 19.4. The van der Waals surface area contributed by atoms with Crippen LogP contribution in [0.3, 0.4) is 0 Å². The average Bonchev–Trinajstić information content (AvgIpc) is 2.74. The van der Waals surface area contributed by atoms with Gasteiger partial charge in [0.05, 0.1) is 12.2 Å². The number of halogens is 6. The Morgan fingerprint density at radius 2 is 1.71 bits per heavy atom. The van der Waals surface area contributed by atoms with Crippen LogP contribution in [0.25, 0.3) is 0 Å². The van der Waals surface area contributed by atoms with Gasteiger partial charge in [0.25, 0.3) is 0 Å². The predicted molar refractivity (Wildman–Crippen MR) is 111 cm³/mol. The highest BCUT2D eigenvalue weighted by Gasteiger charge is 2.62. The molecule has 184 valence electrons. The Hall–Kier alpha value is -3.87. The minimum absolute atomic E-state index is 0.0118. The highest BCUT2D eigenvalue weighted by molar-refractivity contribution is 5.99. The van der Waals surface area contributed by atoms with Gasteiger partial charge in [-0.25, -0.2) is 14.8 Å². The van der Waals surface area contributed by atoms with Crippen LogP contribution in [-0.4, -0.2) is 28.8 Å². The molecule has 2 aromatic heterocycles. The summed E-state index contributed by atoms with van der Waals surface area (Å²) in [6, 6.07) is 9.08. The number of ether oxygens (including phenoxy) is 2. The number of para-hydroxylation sites is 1. The number of hydrogen-bond acceptors (Lipinski definition) is 5. The predicted octanol–water partition coefficient (Wildman–Crippen LogP) is 6.11. The van der Waals surface area contributed by atoms with Gasteiger partial charge in [0.1, 0.15) is 17.3 Å². The van der Waals surface area contributed by atoms with Crippen LogP contribution >= 0.6 is 0 Å². The fourth-order valence-electron chi connectivity index (χ4n) is 3.36. The van der Waals surface area contributed by atoms with E-state index in [1.807, 2.05) is 0 Å². The highest BCUT2D eigenvalue weighted by Crippen LogP contribution is 2.53. The molecule has 0 saturated carbocycles. The summed E-state index contributed by atoms with van der Waals surface area (Å²) in [7, 11) is 0. The third-order valence-corrected chi connectivity index (χ3v) is 5.14. The van der Waals surface area contributed by atoms with Gasteiger partial charge in [-0.05, 0) is 30.3 Å². The maximum atomic E-state index is 13.8. The van der Waals surface area contributed by atoms with Gasteiger partial charge in [0.15, 0.2) is 5.60 Å². The van der Waals surface area contributed by atoms with Gasteiger partial charge in [0.2, 0.25) is 5.88 Å². The molecular formula is C22H16F6N4O3. The molecule has 0 spiro atoms. The van der Waals surface area contributed by atoms with Crippen LogP contribution < -0.4 is 15.4 Å². The molecule has 0 radical (unpaired) electrons. The van der Waals surface area contributed by atoms with E-state index in [9.17, 15) is 31.1 Å². The average molecular weight is 498 g/mol. The lowest BCUT2D eigenvalue weighted by Crippen LogP contribution is -2.52. The van der Waals surface area contributed by atoms with Crippen molar-refractivity contribution in [2.45, 2.75) is 24.4 Å². The number of pyridine rings is 2. The number of rotatable bonds is 5. The Balaban J connectivity index is 1.53. The van der Waals surface area contributed by atoms with E-state index in [1.165, 1.54) is 42.6 Å². The monoisotopic (exact) mass is 498 g/mol. The number of nitrogens with one attached hydrogen (secondary N) is 2. The van der Waals surface area contributed by atoms with E-state index in [-0.39, 0.29) is 41.7 Å². The van der Waals surface area contributed by atoms with Crippen molar-refractivity contribution in [1.29, 1.82) is 0 Å². The number of benzene rings is 1. The summed E-state index contributed by atoms with van der Waals surface area (Å²) < 4.78 is 89.9. The molecule has 13 heteroatoms. The van der Waals surface area contributed by atoms with Crippen LogP contribution in [-0.2, 0) is 16.5 Å². The second-order valence-corrected chi connectivity index (χ2v) is 7.39. The second kappa shape index (κ2) is 9.06. The molecule has 1 fully saturated rings. The second-order valence-electron chi connectivity index (χ2n) is 7.39. The molecule has 2 amide bonds. The van der Waals surface area contributed by atoms with Crippen molar-refractivity contribution in [3.8, 4) is 11.6 Å². The van der Waals surface area contributed by atoms with E-state index in [0.717, 1.165) is 12.1 Å². The molecule has 35 heavy (non-hydrogen) atoms. The lowest BCUT2D eigenvalue weighted by Gasteiger charge is -2.43. The van der Waals surface area contributed by atoms with Gasteiger partial charge in [-0.1, -0.05) is 18.2 Å². The molecule has 1 saturated heterocycles. The largest absolute Gasteiger partial charge is 0.437 e. The van der Waals surface area contributed by atoms with Crippen molar-refractivity contribution >= 4 is 17.5 Å². The summed E-state index contributed by atoms with van der Waals surface area (Å²) in [6.45, 7) is -0.0671. The molecule has 0 aliphatic carbocycles. The van der Waals surface area contributed by atoms with Gasteiger partial charge in [-0.3, -0.25) is 5.32 Å².